The zero-order valence-corrected chi connectivity index (χ0v) is 26.9. The van der Waals surface area contributed by atoms with Crippen molar-refractivity contribution in [2.45, 2.75) is 56.8 Å². The number of alkyl halides is 3. The van der Waals surface area contributed by atoms with Crippen molar-refractivity contribution >= 4 is 30.7 Å². The number of nitrogens with zero attached hydrogens (tertiary/aromatic N) is 1. The van der Waals surface area contributed by atoms with Gasteiger partial charge < -0.3 is 19.2 Å². The highest BCUT2D eigenvalue weighted by Gasteiger charge is 2.51. The molecule has 3 atom stereocenters. The summed E-state index contributed by atoms with van der Waals surface area (Å²) in [6, 6.07) is 20.2. The van der Waals surface area contributed by atoms with E-state index < -0.39 is 56.6 Å². The van der Waals surface area contributed by atoms with Crippen LogP contribution in [0.25, 0.3) is 6.08 Å². The van der Waals surface area contributed by atoms with Crippen LogP contribution in [-0.4, -0.2) is 61.9 Å². The summed E-state index contributed by atoms with van der Waals surface area (Å²) in [7, 11) is -2.93. The number of nitrogens with one attached hydrogen (secondary N) is 2. The fourth-order valence-corrected chi connectivity index (χ4v) is 10.2. The number of carbonyl (C=O) groups is 1. The zero-order valence-electron chi connectivity index (χ0n) is 25.9. The van der Waals surface area contributed by atoms with Crippen LogP contribution in [0, 0.1) is 0 Å². The third-order valence-electron chi connectivity index (χ3n) is 7.73. The van der Waals surface area contributed by atoms with Gasteiger partial charge in [-0.1, -0.05) is 99.7 Å². The number of carbonyl (C=O) groups excluding carboxylic acids is 1. The number of aromatic amines is 1. The molecular formula is C33H38F3N3O6Si. The number of hydrogen-bond acceptors (Lipinski definition) is 6. The van der Waals surface area contributed by atoms with E-state index in [1.54, 1.807) is 11.4 Å². The summed E-state index contributed by atoms with van der Waals surface area (Å²) in [6.45, 7) is 10.1. The van der Waals surface area contributed by atoms with E-state index in [-0.39, 0.29) is 30.2 Å². The molecule has 0 saturated carbocycles. The maximum atomic E-state index is 12.9. The lowest BCUT2D eigenvalue weighted by Crippen LogP contribution is -2.67. The Bertz CT molecular complexity index is 1590. The van der Waals surface area contributed by atoms with Crippen molar-refractivity contribution < 1.29 is 31.9 Å². The molecular weight excluding hydrogens is 619 g/mol. The molecule has 4 rings (SSSR count). The van der Waals surface area contributed by atoms with E-state index in [2.05, 4.69) is 56.6 Å². The molecule has 1 aliphatic heterocycles. The van der Waals surface area contributed by atoms with Crippen molar-refractivity contribution in [3.05, 3.63) is 112 Å². The summed E-state index contributed by atoms with van der Waals surface area (Å²) < 4.78 is 58.1. The average molecular weight is 658 g/mol. The fraction of sp³-hybridized carbons (Fsp3) is 0.364. The van der Waals surface area contributed by atoms with Gasteiger partial charge in [-0.2, -0.15) is 13.2 Å². The Morgan fingerprint density at radius 1 is 1.09 bits per heavy atom. The molecule has 46 heavy (non-hydrogen) atoms. The molecule has 1 amide bonds. The quantitative estimate of drug-likeness (QED) is 0.227. The van der Waals surface area contributed by atoms with Crippen molar-refractivity contribution in [1.82, 2.24) is 14.9 Å². The number of H-pyrrole nitrogens is 1. The molecule has 0 aliphatic carbocycles. The van der Waals surface area contributed by atoms with Crippen LogP contribution in [0.5, 0.6) is 0 Å². The number of ether oxygens (including phenoxy) is 2. The fourth-order valence-electron chi connectivity index (χ4n) is 5.63. The van der Waals surface area contributed by atoms with Crippen LogP contribution >= 0.6 is 0 Å². The lowest BCUT2D eigenvalue weighted by molar-refractivity contribution is -0.173. The van der Waals surface area contributed by atoms with Crippen LogP contribution in [0.15, 0.2) is 95.2 Å². The van der Waals surface area contributed by atoms with E-state index in [4.69, 9.17) is 13.9 Å². The van der Waals surface area contributed by atoms with Crippen LogP contribution in [0.3, 0.4) is 0 Å². The Labute approximate surface area is 265 Å². The van der Waals surface area contributed by atoms with Gasteiger partial charge in [0.2, 0.25) is 0 Å². The van der Waals surface area contributed by atoms with Gasteiger partial charge in [-0.25, -0.2) is 4.79 Å². The molecule has 9 nitrogen and oxygen atoms in total. The van der Waals surface area contributed by atoms with Crippen molar-refractivity contribution in [1.29, 1.82) is 0 Å². The molecule has 1 saturated heterocycles. The third-order valence-corrected chi connectivity index (χ3v) is 12.7. The molecule has 2 heterocycles. The Morgan fingerprint density at radius 2 is 1.70 bits per heavy atom. The second-order valence-corrected chi connectivity index (χ2v) is 16.2. The van der Waals surface area contributed by atoms with E-state index >= 15 is 0 Å². The molecule has 0 radical (unpaired) electrons. The highest BCUT2D eigenvalue weighted by Crippen LogP contribution is 2.38. The number of aromatic nitrogens is 2. The first-order valence-electron chi connectivity index (χ1n) is 14.8. The molecule has 0 spiro atoms. The van der Waals surface area contributed by atoms with E-state index in [1.807, 2.05) is 36.4 Å². The molecule has 1 aliphatic rings. The highest BCUT2D eigenvalue weighted by molar-refractivity contribution is 6.99. The molecule has 0 unspecified atom stereocenters. The minimum absolute atomic E-state index is 0.0139. The standard InChI is InChI=1S/C33H38F3N3O6Si/c1-5-19-43-26-20-28(39-21-23(29(40)38-31(39)42)13-12-18-37-30(41)33(34,35)36)45-27(26)22-44-46(32(2,3)4,24-14-8-6-9-15-24)25-16-10-7-11-17-25/h5-17,21,26-28H,1,18-20,22H2,2-4H3,(H,37,41)(H,38,40,42)/b13-12+/t26-,27-,28-/m1/s1. The van der Waals surface area contributed by atoms with Gasteiger partial charge in [-0.3, -0.25) is 19.1 Å². The SMILES string of the molecule is C=CCO[C@@H]1C[C@H](n2cc(/C=C/CNC(=O)C(F)(F)F)c(=O)[nH]c2=O)O[C@@H]1CO[Si](c1ccccc1)(c1ccccc1)C(C)(C)C. The molecule has 3 aromatic rings. The molecule has 246 valence electrons. The zero-order chi connectivity index (χ0) is 33.5. The van der Waals surface area contributed by atoms with Gasteiger partial charge in [0, 0.05) is 19.2 Å². The number of benzene rings is 2. The highest BCUT2D eigenvalue weighted by atomic mass is 28.4. The summed E-state index contributed by atoms with van der Waals surface area (Å²) in [5.74, 6) is -2.10. The van der Waals surface area contributed by atoms with Crippen molar-refractivity contribution in [3.63, 3.8) is 0 Å². The van der Waals surface area contributed by atoms with Crippen LogP contribution < -0.4 is 26.9 Å². The topological polar surface area (TPSA) is 112 Å². The first-order chi connectivity index (χ1) is 21.8. The second kappa shape index (κ2) is 14.6. The van der Waals surface area contributed by atoms with E-state index in [1.165, 1.54) is 22.9 Å². The minimum atomic E-state index is -5.03. The van der Waals surface area contributed by atoms with E-state index in [0.29, 0.717) is 0 Å². The predicted octanol–water partition coefficient (Wildman–Crippen LogP) is 3.66. The van der Waals surface area contributed by atoms with Gasteiger partial charge in [0.05, 0.1) is 24.9 Å². The molecule has 1 fully saturated rings. The Hall–Kier alpha value is -4.04. The van der Waals surface area contributed by atoms with Crippen molar-refractivity contribution in [2.75, 3.05) is 19.8 Å². The van der Waals surface area contributed by atoms with Gasteiger partial charge in [0.25, 0.3) is 13.9 Å². The molecule has 2 aromatic carbocycles. The number of amides is 1. The van der Waals surface area contributed by atoms with Gasteiger partial charge in [-0.05, 0) is 15.4 Å². The van der Waals surface area contributed by atoms with Crippen molar-refractivity contribution in [2.24, 2.45) is 0 Å². The van der Waals surface area contributed by atoms with E-state index in [9.17, 15) is 27.6 Å². The van der Waals surface area contributed by atoms with Gasteiger partial charge >= 0.3 is 17.8 Å². The smallest absolute Gasteiger partial charge is 0.405 e. The third kappa shape index (κ3) is 7.84. The lowest BCUT2D eigenvalue weighted by Gasteiger charge is -2.43. The Balaban J connectivity index is 1.62. The molecule has 0 bridgehead atoms. The molecule has 2 N–H and O–H groups in total. The lowest BCUT2D eigenvalue weighted by atomic mass is 10.2. The number of rotatable bonds is 12. The second-order valence-electron chi connectivity index (χ2n) is 11.9. The van der Waals surface area contributed by atoms with Gasteiger partial charge in [-0.15, -0.1) is 6.58 Å². The number of hydrogen-bond donors (Lipinski definition) is 2. The average Bonchev–Trinajstić information content (AvgIpc) is 3.41. The van der Waals surface area contributed by atoms with Crippen LogP contribution in [0.2, 0.25) is 5.04 Å². The summed E-state index contributed by atoms with van der Waals surface area (Å²) in [4.78, 5) is 38.6. The molecule has 1 aromatic heterocycles. The summed E-state index contributed by atoms with van der Waals surface area (Å²) >= 11 is 0. The first kappa shape index (κ1) is 34.8. The normalized spacial score (nSPS) is 19.0. The maximum Gasteiger partial charge on any atom is 0.471 e. The summed E-state index contributed by atoms with van der Waals surface area (Å²) in [6.07, 6.45) is -1.43. The summed E-state index contributed by atoms with van der Waals surface area (Å²) in [5.41, 5.74) is -1.49. The van der Waals surface area contributed by atoms with E-state index in [0.717, 1.165) is 10.4 Å². The largest absolute Gasteiger partial charge is 0.471 e. The maximum absolute atomic E-state index is 12.9. The minimum Gasteiger partial charge on any atom is -0.405 e. The predicted molar refractivity (Wildman–Crippen MR) is 171 cm³/mol. The van der Waals surface area contributed by atoms with Gasteiger partial charge in [0.1, 0.15) is 12.3 Å². The monoisotopic (exact) mass is 657 g/mol. The van der Waals surface area contributed by atoms with Crippen LogP contribution in [0.4, 0.5) is 13.2 Å². The first-order valence-corrected chi connectivity index (χ1v) is 16.7. The summed E-state index contributed by atoms with van der Waals surface area (Å²) in [5, 5.41) is 3.58. The van der Waals surface area contributed by atoms with Gasteiger partial charge in [0.15, 0.2) is 0 Å². The Morgan fingerprint density at radius 3 is 2.24 bits per heavy atom. The number of halogens is 3. The Kier molecular flexibility index (Phi) is 11.0. The van der Waals surface area contributed by atoms with Crippen LogP contribution in [-0.2, 0) is 18.7 Å². The van der Waals surface area contributed by atoms with Crippen LogP contribution in [0.1, 0.15) is 39.0 Å². The van der Waals surface area contributed by atoms with Crippen molar-refractivity contribution in [3.8, 4) is 0 Å². The molecule has 13 heteroatoms.